The molecule has 2 saturated heterocycles. The number of likely N-dealkylation sites (tertiary alicyclic amines) is 1. The van der Waals surface area contributed by atoms with Crippen LogP contribution in [0.5, 0.6) is 0 Å². The number of anilines is 1. The van der Waals surface area contributed by atoms with Gasteiger partial charge in [-0.15, -0.1) is 0 Å². The summed E-state index contributed by atoms with van der Waals surface area (Å²) in [4.78, 5) is 16.5. The van der Waals surface area contributed by atoms with Crippen molar-refractivity contribution in [1.82, 2.24) is 14.5 Å². The highest BCUT2D eigenvalue weighted by Gasteiger charge is 2.40. The van der Waals surface area contributed by atoms with E-state index in [9.17, 15) is 18.7 Å². The van der Waals surface area contributed by atoms with E-state index in [1.165, 1.54) is 18.3 Å². The van der Waals surface area contributed by atoms with Gasteiger partial charge in [0.05, 0.1) is 42.0 Å². The van der Waals surface area contributed by atoms with Gasteiger partial charge >= 0.3 is 0 Å². The maximum atomic E-state index is 14.4. The van der Waals surface area contributed by atoms with Crippen molar-refractivity contribution >= 4 is 17.1 Å². The number of aromatic nitrogens is 2. The number of carbonyl (C=O) groups excluding carboxylic acids is 1. The molecule has 1 amide bonds. The number of rotatable bonds is 3. The molecule has 156 valence electrons. The van der Waals surface area contributed by atoms with Gasteiger partial charge in [-0.2, -0.15) is 5.10 Å². The average Bonchev–Trinajstić information content (AvgIpc) is 3.33. The van der Waals surface area contributed by atoms with Crippen molar-refractivity contribution in [2.45, 2.75) is 31.4 Å². The number of pyridine rings is 1. The van der Waals surface area contributed by atoms with Gasteiger partial charge in [-0.3, -0.25) is 4.79 Å². The zero-order valence-corrected chi connectivity index (χ0v) is 16.6. The molecule has 1 atom stereocenters. The van der Waals surface area contributed by atoms with Gasteiger partial charge in [0.25, 0.3) is 5.91 Å². The third kappa shape index (κ3) is 3.11. The van der Waals surface area contributed by atoms with Crippen LogP contribution in [-0.4, -0.2) is 50.8 Å². The Kier molecular flexibility index (Phi) is 4.28. The summed E-state index contributed by atoms with van der Waals surface area (Å²) in [6.45, 7) is 2.99. The van der Waals surface area contributed by atoms with Gasteiger partial charge in [0.15, 0.2) is 0 Å². The van der Waals surface area contributed by atoms with E-state index in [0.717, 1.165) is 24.6 Å². The van der Waals surface area contributed by atoms with Crippen LogP contribution in [0.1, 0.15) is 41.7 Å². The number of fused-ring (bicyclic) bond motifs is 1. The number of carbonyl (C=O) groups is 1. The van der Waals surface area contributed by atoms with E-state index in [1.54, 1.807) is 22.5 Å². The number of halogens is 2. The summed E-state index contributed by atoms with van der Waals surface area (Å²) in [7, 11) is 0. The molecule has 1 aromatic carbocycles. The Morgan fingerprint density at radius 2 is 2.03 bits per heavy atom. The minimum atomic E-state index is -0.846. The molecule has 4 heterocycles. The second kappa shape index (κ2) is 6.77. The van der Waals surface area contributed by atoms with Crippen LogP contribution in [0.15, 0.2) is 42.7 Å². The predicted octanol–water partition coefficient (Wildman–Crippen LogP) is 3.16. The Morgan fingerprint density at radius 1 is 1.23 bits per heavy atom. The lowest BCUT2D eigenvalue weighted by molar-refractivity contribution is -0.0668. The minimum Gasteiger partial charge on any atom is -0.386 e. The number of hydrogen-bond donors (Lipinski definition) is 1. The van der Waals surface area contributed by atoms with E-state index in [4.69, 9.17) is 0 Å². The summed E-state index contributed by atoms with van der Waals surface area (Å²) in [5.74, 6) is -1.05. The van der Waals surface area contributed by atoms with Crippen LogP contribution in [0.25, 0.3) is 5.52 Å². The van der Waals surface area contributed by atoms with Crippen molar-refractivity contribution in [3.63, 3.8) is 0 Å². The summed E-state index contributed by atoms with van der Waals surface area (Å²) in [6, 6.07) is 7.03. The van der Waals surface area contributed by atoms with Crippen LogP contribution in [0.2, 0.25) is 0 Å². The molecule has 2 aliphatic heterocycles. The standard InChI is InChI=1S/C22H22F2N4O2/c1-22(30)12-26(13-22)21(29)17-11-25-28-8-6-15(10-20(17)28)27-7-2-3-19(27)16-9-14(23)4-5-18(16)24/h4-6,8-11,19,30H,2-3,7,12-13H2,1H3. The quantitative estimate of drug-likeness (QED) is 0.718. The molecule has 2 fully saturated rings. The van der Waals surface area contributed by atoms with Crippen molar-refractivity contribution in [2.75, 3.05) is 24.5 Å². The SMILES string of the molecule is CC1(O)CN(C(=O)c2cnn3ccc(N4CCCC4c4cc(F)ccc4F)cc23)C1. The Hall–Kier alpha value is -3.00. The van der Waals surface area contributed by atoms with Crippen molar-refractivity contribution in [1.29, 1.82) is 0 Å². The van der Waals surface area contributed by atoms with E-state index in [-0.39, 0.29) is 25.0 Å². The fraction of sp³-hybridized carbons (Fsp3) is 0.364. The first-order valence-corrected chi connectivity index (χ1v) is 10.0. The first kappa shape index (κ1) is 19.0. The molecule has 8 heteroatoms. The fourth-order valence-corrected chi connectivity index (χ4v) is 4.57. The minimum absolute atomic E-state index is 0.178. The predicted molar refractivity (Wildman–Crippen MR) is 107 cm³/mol. The van der Waals surface area contributed by atoms with E-state index < -0.39 is 17.2 Å². The Balaban J connectivity index is 1.49. The summed E-state index contributed by atoms with van der Waals surface area (Å²) < 4.78 is 29.8. The fourth-order valence-electron chi connectivity index (χ4n) is 4.57. The zero-order valence-electron chi connectivity index (χ0n) is 16.6. The van der Waals surface area contributed by atoms with Crippen LogP contribution in [0.4, 0.5) is 14.5 Å². The maximum Gasteiger partial charge on any atom is 0.257 e. The van der Waals surface area contributed by atoms with Gasteiger partial charge in [0.1, 0.15) is 11.6 Å². The Bertz CT molecular complexity index is 1140. The van der Waals surface area contributed by atoms with Crippen molar-refractivity contribution in [3.05, 3.63) is 65.5 Å². The Morgan fingerprint density at radius 3 is 2.80 bits per heavy atom. The highest BCUT2D eigenvalue weighted by Crippen LogP contribution is 2.38. The molecule has 30 heavy (non-hydrogen) atoms. The largest absolute Gasteiger partial charge is 0.386 e. The molecule has 3 aromatic rings. The number of benzene rings is 1. The van der Waals surface area contributed by atoms with Crippen LogP contribution in [-0.2, 0) is 0 Å². The molecule has 1 N–H and O–H groups in total. The summed E-state index contributed by atoms with van der Waals surface area (Å²) >= 11 is 0. The molecule has 0 aliphatic carbocycles. The molecule has 0 spiro atoms. The number of hydrogen-bond acceptors (Lipinski definition) is 4. The highest BCUT2D eigenvalue weighted by atomic mass is 19.1. The van der Waals surface area contributed by atoms with Gasteiger partial charge in [-0.25, -0.2) is 13.3 Å². The lowest BCUT2D eigenvalue weighted by atomic mass is 9.96. The van der Waals surface area contributed by atoms with Crippen LogP contribution >= 0.6 is 0 Å². The van der Waals surface area contributed by atoms with E-state index >= 15 is 0 Å². The van der Waals surface area contributed by atoms with Crippen LogP contribution in [0, 0.1) is 11.6 Å². The molecule has 5 rings (SSSR count). The number of β-amino-alcohol motifs (C(OH)–C–C–N with tert-alkyl or cyclic N) is 1. The average molecular weight is 412 g/mol. The van der Waals surface area contributed by atoms with Crippen molar-refractivity contribution < 1.29 is 18.7 Å². The molecular formula is C22H22F2N4O2. The van der Waals surface area contributed by atoms with Crippen molar-refractivity contribution in [2.24, 2.45) is 0 Å². The van der Waals surface area contributed by atoms with E-state index in [0.29, 0.717) is 23.2 Å². The molecule has 1 unspecified atom stereocenters. The first-order chi connectivity index (χ1) is 14.3. The van der Waals surface area contributed by atoms with Gasteiger partial charge in [-0.05, 0) is 50.1 Å². The maximum absolute atomic E-state index is 14.4. The molecule has 0 saturated carbocycles. The number of aliphatic hydroxyl groups is 1. The molecular weight excluding hydrogens is 390 g/mol. The molecule has 2 aliphatic rings. The summed E-state index contributed by atoms with van der Waals surface area (Å²) in [6.07, 6.45) is 4.88. The van der Waals surface area contributed by atoms with E-state index in [1.807, 2.05) is 17.0 Å². The number of amides is 1. The lowest BCUT2D eigenvalue weighted by Crippen LogP contribution is -2.61. The first-order valence-electron chi connectivity index (χ1n) is 10.0. The third-order valence-electron chi connectivity index (χ3n) is 5.99. The van der Waals surface area contributed by atoms with Gasteiger partial charge in [-0.1, -0.05) is 0 Å². The van der Waals surface area contributed by atoms with Crippen LogP contribution in [0.3, 0.4) is 0 Å². The van der Waals surface area contributed by atoms with Crippen LogP contribution < -0.4 is 4.90 Å². The third-order valence-corrected chi connectivity index (χ3v) is 5.99. The van der Waals surface area contributed by atoms with Gasteiger partial charge in [0, 0.05) is 24.0 Å². The number of nitrogens with zero attached hydrogens (tertiary/aromatic N) is 4. The summed E-state index contributed by atoms with van der Waals surface area (Å²) in [5.41, 5.74) is 1.44. The summed E-state index contributed by atoms with van der Waals surface area (Å²) in [5, 5.41) is 14.2. The lowest BCUT2D eigenvalue weighted by Gasteiger charge is -2.44. The normalized spacial score (nSPS) is 20.6. The van der Waals surface area contributed by atoms with Gasteiger partial charge in [0.2, 0.25) is 0 Å². The Labute approximate surface area is 172 Å². The molecule has 0 bridgehead atoms. The molecule has 6 nitrogen and oxygen atoms in total. The second-order valence-electron chi connectivity index (χ2n) is 8.45. The van der Waals surface area contributed by atoms with Gasteiger partial charge < -0.3 is 14.9 Å². The van der Waals surface area contributed by atoms with E-state index in [2.05, 4.69) is 5.10 Å². The zero-order chi connectivity index (χ0) is 21.0. The van der Waals surface area contributed by atoms with Crippen molar-refractivity contribution in [3.8, 4) is 0 Å². The smallest absolute Gasteiger partial charge is 0.257 e. The monoisotopic (exact) mass is 412 g/mol. The second-order valence-corrected chi connectivity index (χ2v) is 8.45. The topological polar surface area (TPSA) is 61.1 Å². The molecule has 2 aromatic heterocycles. The molecule has 0 radical (unpaired) electrons. The highest BCUT2D eigenvalue weighted by molar-refractivity contribution is 6.01.